The van der Waals surface area contributed by atoms with E-state index in [1.54, 1.807) is 6.07 Å². The fraction of sp³-hybridized carbons (Fsp3) is 0.500. The Labute approximate surface area is 88.1 Å². The molecule has 1 heterocycles. The largest absolute Gasteiger partial charge is 0.488 e. The van der Waals surface area contributed by atoms with E-state index < -0.39 is 7.12 Å². The average molecular weight is 207 g/mol. The number of aromatic nitrogens is 1. The number of rotatable bonds is 2. The van der Waals surface area contributed by atoms with E-state index in [0.29, 0.717) is 5.92 Å². The fourth-order valence-electron chi connectivity index (χ4n) is 2.19. The summed E-state index contributed by atoms with van der Waals surface area (Å²) in [7, 11) is -1.56. The van der Waals surface area contributed by atoms with Gasteiger partial charge >= 0.3 is 7.12 Å². The van der Waals surface area contributed by atoms with Crippen molar-refractivity contribution in [3.63, 3.8) is 0 Å². The molecule has 2 rings (SSSR count). The minimum atomic E-state index is -1.56. The maximum Gasteiger partial charge on any atom is 0.488 e. The molecule has 0 unspecified atom stereocenters. The van der Waals surface area contributed by atoms with Crippen LogP contribution in [-0.2, 0) is 0 Å². The van der Waals surface area contributed by atoms with Crippen LogP contribution in [0.3, 0.4) is 0 Å². The molecule has 0 aliphatic heterocycles. The Kier molecular flexibility index (Phi) is 2.93. The molecule has 5 heteroatoms. The predicted molar refractivity (Wildman–Crippen MR) is 58.1 cm³/mol. The highest BCUT2D eigenvalue weighted by atomic mass is 16.4. The van der Waals surface area contributed by atoms with E-state index in [0.717, 1.165) is 18.5 Å². The molecule has 0 bridgehead atoms. The van der Waals surface area contributed by atoms with Crippen LogP contribution in [0.4, 0.5) is 0 Å². The summed E-state index contributed by atoms with van der Waals surface area (Å²) in [6.45, 7) is 0. The van der Waals surface area contributed by atoms with Gasteiger partial charge in [-0.15, -0.1) is 0 Å². The molecular formula is C10H14BNO3. The molecule has 0 spiro atoms. The molecule has 1 aromatic heterocycles. The first-order valence-electron chi connectivity index (χ1n) is 5.27. The Morgan fingerprint density at radius 2 is 1.93 bits per heavy atom. The third-order valence-electron chi connectivity index (χ3n) is 2.98. The van der Waals surface area contributed by atoms with Crippen molar-refractivity contribution < 1.29 is 10.0 Å². The molecule has 1 aromatic rings. The summed E-state index contributed by atoms with van der Waals surface area (Å²) < 4.78 is 0. The van der Waals surface area contributed by atoms with Crippen molar-refractivity contribution in [2.75, 3.05) is 0 Å². The first-order valence-corrected chi connectivity index (χ1v) is 5.27. The van der Waals surface area contributed by atoms with Gasteiger partial charge in [0.05, 0.1) is 0 Å². The minimum absolute atomic E-state index is 0.262. The molecule has 1 fully saturated rings. The summed E-state index contributed by atoms with van der Waals surface area (Å²) in [4.78, 5) is 14.1. The van der Waals surface area contributed by atoms with Crippen LogP contribution in [0, 0.1) is 0 Å². The Morgan fingerprint density at radius 1 is 1.27 bits per heavy atom. The molecular weight excluding hydrogens is 193 g/mol. The fourth-order valence-corrected chi connectivity index (χ4v) is 2.19. The summed E-state index contributed by atoms with van der Waals surface area (Å²) in [6.07, 6.45) is 4.50. The first-order chi connectivity index (χ1) is 7.16. The van der Waals surface area contributed by atoms with Gasteiger partial charge in [-0.1, -0.05) is 12.8 Å². The van der Waals surface area contributed by atoms with Gasteiger partial charge in [0.1, 0.15) is 0 Å². The van der Waals surface area contributed by atoms with Crippen molar-refractivity contribution in [1.82, 2.24) is 4.98 Å². The zero-order valence-corrected chi connectivity index (χ0v) is 8.44. The summed E-state index contributed by atoms with van der Waals surface area (Å²) >= 11 is 0. The number of aromatic amines is 1. The molecule has 0 aromatic carbocycles. The highest BCUT2D eigenvalue weighted by molar-refractivity contribution is 6.58. The van der Waals surface area contributed by atoms with Gasteiger partial charge in [0.15, 0.2) is 0 Å². The van der Waals surface area contributed by atoms with Crippen molar-refractivity contribution in [1.29, 1.82) is 0 Å². The van der Waals surface area contributed by atoms with Crippen LogP contribution in [0.1, 0.15) is 37.3 Å². The second kappa shape index (κ2) is 4.20. The summed E-state index contributed by atoms with van der Waals surface area (Å²) in [6, 6.07) is 2.91. The van der Waals surface area contributed by atoms with Crippen molar-refractivity contribution in [2.45, 2.75) is 31.6 Å². The highest BCUT2D eigenvalue weighted by Crippen LogP contribution is 2.31. The molecule has 1 aliphatic rings. The molecule has 0 atom stereocenters. The van der Waals surface area contributed by atoms with Crippen LogP contribution in [0.15, 0.2) is 16.9 Å². The Bertz CT molecular complexity index is 396. The van der Waals surface area contributed by atoms with Crippen LogP contribution in [0.5, 0.6) is 0 Å². The average Bonchev–Trinajstić information content (AvgIpc) is 2.69. The van der Waals surface area contributed by atoms with Gasteiger partial charge in [0.25, 0.3) is 0 Å². The Balaban J connectivity index is 2.34. The minimum Gasteiger partial charge on any atom is -0.423 e. The van der Waals surface area contributed by atoms with E-state index in [2.05, 4.69) is 4.98 Å². The van der Waals surface area contributed by atoms with Crippen molar-refractivity contribution in [2.24, 2.45) is 0 Å². The van der Waals surface area contributed by atoms with Gasteiger partial charge in [-0.3, -0.25) is 4.79 Å². The lowest BCUT2D eigenvalue weighted by Gasteiger charge is -2.10. The van der Waals surface area contributed by atoms with Gasteiger partial charge in [0, 0.05) is 11.8 Å². The zero-order valence-electron chi connectivity index (χ0n) is 8.44. The normalized spacial score (nSPS) is 16.9. The molecule has 4 nitrogen and oxygen atoms in total. The second-order valence-electron chi connectivity index (χ2n) is 4.09. The van der Waals surface area contributed by atoms with Crippen LogP contribution >= 0.6 is 0 Å². The molecule has 1 aliphatic carbocycles. The SMILES string of the molecule is O=c1cc(B(O)O)cc(C2CCCC2)[nH]1. The van der Waals surface area contributed by atoms with Crippen LogP contribution < -0.4 is 11.0 Å². The molecule has 0 radical (unpaired) electrons. The summed E-state index contributed by atoms with van der Waals surface area (Å²) in [5.74, 6) is 0.372. The summed E-state index contributed by atoms with van der Waals surface area (Å²) in [5.41, 5.74) is 0.853. The van der Waals surface area contributed by atoms with Gasteiger partial charge < -0.3 is 15.0 Å². The lowest BCUT2D eigenvalue weighted by molar-refractivity contribution is 0.425. The maximum absolute atomic E-state index is 11.3. The lowest BCUT2D eigenvalue weighted by atomic mass is 9.80. The second-order valence-corrected chi connectivity index (χ2v) is 4.09. The number of pyridine rings is 1. The standard InChI is InChI=1S/C10H14BNO3/c13-10-6-8(11(14)15)5-9(12-10)7-3-1-2-4-7/h5-7,14-15H,1-4H2,(H,12,13). The van der Waals surface area contributed by atoms with Crippen molar-refractivity contribution in [3.8, 4) is 0 Å². The van der Waals surface area contributed by atoms with Gasteiger partial charge in [0.2, 0.25) is 5.56 Å². The molecule has 1 saturated carbocycles. The van der Waals surface area contributed by atoms with Gasteiger partial charge in [-0.2, -0.15) is 0 Å². The van der Waals surface area contributed by atoms with E-state index in [9.17, 15) is 4.79 Å². The topological polar surface area (TPSA) is 73.3 Å². The molecule has 0 amide bonds. The molecule has 3 N–H and O–H groups in total. The number of hydrogen-bond donors (Lipinski definition) is 3. The van der Waals surface area contributed by atoms with E-state index >= 15 is 0 Å². The number of hydrogen-bond acceptors (Lipinski definition) is 3. The third kappa shape index (κ3) is 2.30. The van der Waals surface area contributed by atoms with E-state index in [1.807, 2.05) is 0 Å². The first kappa shape index (κ1) is 10.5. The third-order valence-corrected chi connectivity index (χ3v) is 2.98. The summed E-state index contributed by atoms with van der Waals surface area (Å²) in [5, 5.41) is 18.0. The Morgan fingerprint density at radius 3 is 2.53 bits per heavy atom. The van der Waals surface area contributed by atoms with Gasteiger partial charge in [-0.25, -0.2) is 0 Å². The molecule has 80 valence electrons. The quantitative estimate of drug-likeness (QED) is 0.583. The molecule has 15 heavy (non-hydrogen) atoms. The van der Waals surface area contributed by atoms with Gasteiger partial charge in [-0.05, 0) is 30.3 Å². The van der Waals surface area contributed by atoms with Crippen LogP contribution in [-0.4, -0.2) is 22.2 Å². The van der Waals surface area contributed by atoms with Crippen LogP contribution in [0.25, 0.3) is 0 Å². The van der Waals surface area contributed by atoms with E-state index in [-0.39, 0.29) is 11.0 Å². The lowest BCUT2D eigenvalue weighted by Crippen LogP contribution is -2.34. The Hall–Kier alpha value is -1.07. The zero-order chi connectivity index (χ0) is 10.8. The van der Waals surface area contributed by atoms with E-state index in [1.165, 1.54) is 18.9 Å². The maximum atomic E-state index is 11.3. The molecule has 0 saturated heterocycles. The number of nitrogens with one attached hydrogen (secondary N) is 1. The van der Waals surface area contributed by atoms with Crippen LogP contribution in [0.2, 0.25) is 0 Å². The monoisotopic (exact) mass is 207 g/mol. The van der Waals surface area contributed by atoms with E-state index in [4.69, 9.17) is 10.0 Å². The van der Waals surface area contributed by atoms with Crippen molar-refractivity contribution >= 4 is 12.6 Å². The smallest absolute Gasteiger partial charge is 0.423 e. The highest BCUT2D eigenvalue weighted by Gasteiger charge is 2.20. The van der Waals surface area contributed by atoms with Crippen molar-refractivity contribution in [3.05, 3.63) is 28.2 Å². The predicted octanol–water partition coefficient (Wildman–Crippen LogP) is -0.288. The number of H-pyrrole nitrogens is 1.